The minimum atomic E-state index is -2.64. The number of phenols is 1. The lowest BCUT2D eigenvalue weighted by molar-refractivity contribution is -0.255. The van der Waals surface area contributed by atoms with Crippen LogP contribution in [0.4, 0.5) is 0 Å². The Bertz CT molecular complexity index is 1450. The number of esters is 1. The van der Waals surface area contributed by atoms with Crippen LogP contribution in [0.1, 0.15) is 93.8 Å². The van der Waals surface area contributed by atoms with E-state index in [0.29, 0.717) is 17.6 Å². The zero-order valence-electron chi connectivity index (χ0n) is 26.3. The molecule has 0 aromatic heterocycles. The van der Waals surface area contributed by atoms with Crippen LogP contribution in [0.15, 0.2) is 24.3 Å². The number of primary amides is 1. The van der Waals surface area contributed by atoms with Crippen LogP contribution < -0.4 is 5.73 Å². The van der Waals surface area contributed by atoms with E-state index in [-0.39, 0.29) is 42.2 Å². The summed E-state index contributed by atoms with van der Waals surface area (Å²) in [6.45, 7) is 15.0. The summed E-state index contributed by atoms with van der Waals surface area (Å²) in [4.78, 5) is 52.9. The summed E-state index contributed by atoms with van der Waals surface area (Å²) >= 11 is 0. The van der Waals surface area contributed by atoms with Crippen LogP contribution in [0.3, 0.4) is 0 Å². The molecule has 0 spiro atoms. The number of ether oxygens (including phenoxy) is 1. The summed E-state index contributed by atoms with van der Waals surface area (Å²) in [5.41, 5.74) is 2.21. The van der Waals surface area contributed by atoms with Crippen molar-refractivity contribution < 1.29 is 44.3 Å². The first-order chi connectivity index (χ1) is 20.4. The molecule has 240 valence electrons. The Hall–Kier alpha value is -3.34. The highest BCUT2D eigenvalue weighted by molar-refractivity contribution is 6.09. The van der Waals surface area contributed by atoms with E-state index in [0.717, 1.165) is 12.0 Å². The number of phenolic OH excluding ortho intramolecular Hbond substituents is 1. The average molecular weight is 612 g/mol. The number of amides is 1. The number of aromatic hydroxyl groups is 1. The highest BCUT2D eigenvalue weighted by Crippen LogP contribution is 2.65. The number of hydrogen-bond donors (Lipinski definition) is 5. The molecule has 1 aromatic rings. The predicted octanol–water partition coefficient (Wildman–Crippen LogP) is 2.97. The summed E-state index contributed by atoms with van der Waals surface area (Å²) in [5.74, 6) is -8.23. The van der Waals surface area contributed by atoms with Gasteiger partial charge in [-0.3, -0.25) is 14.4 Å². The molecule has 2 saturated carbocycles. The molecule has 0 aliphatic heterocycles. The van der Waals surface area contributed by atoms with E-state index in [1.165, 1.54) is 12.2 Å². The summed E-state index contributed by atoms with van der Waals surface area (Å²) in [6, 6.07) is 1.73. The Morgan fingerprint density at radius 1 is 1.23 bits per heavy atom. The van der Waals surface area contributed by atoms with Gasteiger partial charge in [-0.25, -0.2) is 4.79 Å². The maximum Gasteiger partial charge on any atom is 0.330 e. The minimum Gasteiger partial charge on any atom is -0.507 e. The topological polar surface area (TPSA) is 184 Å². The number of carbonyl (C=O) groups is 4. The molecule has 4 unspecified atom stereocenters. The molecule has 10 heteroatoms. The van der Waals surface area contributed by atoms with Crippen molar-refractivity contribution in [3.8, 4) is 5.75 Å². The normalized spacial score (nSPS) is 34.8. The molecule has 0 bridgehead atoms. The van der Waals surface area contributed by atoms with Gasteiger partial charge in [-0.15, -0.1) is 0 Å². The van der Waals surface area contributed by atoms with Gasteiger partial charge in [0.25, 0.3) is 0 Å². The fourth-order valence-corrected chi connectivity index (χ4v) is 8.48. The van der Waals surface area contributed by atoms with Gasteiger partial charge in [0, 0.05) is 23.0 Å². The van der Waals surface area contributed by atoms with E-state index >= 15 is 0 Å². The van der Waals surface area contributed by atoms with Crippen molar-refractivity contribution in [1.29, 1.82) is 0 Å². The number of hydrogen-bond acceptors (Lipinski definition) is 9. The molecule has 0 radical (unpaired) electrons. The molecule has 4 rings (SSSR count). The lowest BCUT2D eigenvalue weighted by Crippen LogP contribution is -2.78. The van der Waals surface area contributed by atoms with Crippen molar-refractivity contribution in [3.05, 3.63) is 46.5 Å². The monoisotopic (exact) mass is 611 g/mol. The highest BCUT2D eigenvalue weighted by atomic mass is 16.5. The lowest BCUT2D eigenvalue weighted by atomic mass is 9.39. The van der Waals surface area contributed by atoms with Gasteiger partial charge in [0.05, 0.1) is 24.2 Å². The van der Waals surface area contributed by atoms with Crippen molar-refractivity contribution in [3.63, 3.8) is 0 Å². The molecule has 0 heterocycles. The molecule has 3 aliphatic carbocycles. The van der Waals surface area contributed by atoms with Crippen molar-refractivity contribution in [2.24, 2.45) is 34.3 Å². The second-order valence-electron chi connectivity index (χ2n) is 13.8. The standard InChI is InChI=1S/C34H45NO9/c1-8-9-12-44-21(36)11-10-18-13-19(16(2)3)20-14-32(6)15-33(7)24(17(4)5)28(39)23(31(35)42)29(40)34(33,43)30(41)25(32)27(38)22(20)26(18)37/h10-11,13,16,23-25,28,30,37,39,41,43H,4,8-9,12,14-15H2,1-3,5-7H3,(H2,35,42)/b11-10+/t23?,24-,25?,28?,30?,32+,33+,34-/m0/s1. The van der Waals surface area contributed by atoms with E-state index in [9.17, 15) is 39.6 Å². The van der Waals surface area contributed by atoms with Crippen LogP contribution in [0.25, 0.3) is 6.08 Å². The fourth-order valence-electron chi connectivity index (χ4n) is 8.48. The van der Waals surface area contributed by atoms with Crippen LogP contribution in [0.5, 0.6) is 5.75 Å². The number of Topliss-reactive ketones (excluding diaryl/α,β-unsaturated/α-hetero) is 2. The molecular weight excluding hydrogens is 566 g/mol. The smallest absolute Gasteiger partial charge is 0.330 e. The lowest BCUT2D eigenvalue weighted by Gasteiger charge is -2.65. The molecule has 6 N–H and O–H groups in total. The first kappa shape index (κ1) is 33.6. The maximum absolute atomic E-state index is 14.4. The molecule has 2 fully saturated rings. The van der Waals surface area contributed by atoms with Crippen LogP contribution in [-0.2, 0) is 25.5 Å². The first-order valence-electron chi connectivity index (χ1n) is 15.2. The molecule has 44 heavy (non-hydrogen) atoms. The molecule has 10 nitrogen and oxygen atoms in total. The number of ketones is 2. The van der Waals surface area contributed by atoms with Crippen molar-refractivity contribution in [2.75, 3.05) is 6.61 Å². The van der Waals surface area contributed by atoms with Gasteiger partial charge in [-0.1, -0.05) is 53.2 Å². The number of carbonyl (C=O) groups excluding carboxylic acids is 4. The SMILES string of the molecule is C=C(C)[C@H]1C(O)C(C(N)=O)C(=O)[C@]2(O)C(O)C3C(=O)c4c(O)c(/C=C/C(=O)OCCCC)cc(C(C)C)c4C[C@]3(C)C[C@]12C. The summed E-state index contributed by atoms with van der Waals surface area (Å²) in [6.07, 6.45) is 0.752. The molecular formula is C34H45NO9. The third-order valence-electron chi connectivity index (χ3n) is 10.3. The van der Waals surface area contributed by atoms with E-state index < -0.39 is 69.8 Å². The van der Waals surface area contributed by atoms with Gasteiger partial charge in [-0.05, 0) is 60.8 Å². The number of unbranched alkanes of at least 4 members (excludes halogenated alkanes) is 1. The fraction of sp³-hybridized carbons (Fsp3) is 0.588. The molecule has 3 aliphatic rings. The summed E-state index contributed by atoms with van der Waals surface area (Å²) < 4.78 is 5.17. The number of nitrogens with two attached hydrogens (primary N) is 1. The zero-order valence-corrected chi connectivity index (χ0v) is 26.3. The first-order valence-corrected chi connectivity index (χ1v) is 15.2. The minimum absolute atomic E-state index is 0.0127. The van der Waals surface area contributed by atoms with Crippen LogP contribution in [0.2, 0.25) is 0 Å². The van der Waals surface area contributed by atoms with Gasteiger partial charge >= 0.3 is 5.97 Å². The zero-order chi connectivity index (χ0) is 33.1. The average Bonchev–Trinajstić information content (AvgIpc) is 2.89. The molecule has 1 amide bonds. The van der Waals surface area contributed by atoms with E-state index in [2.05, 4.69) is 6.58 Å². The Morgan fingerprint density at radius 3 is 2.41 bits per heavy atom. The van der Waals surface area contributed by atoms with Crippen LogP contribution in [-0.4, -0.2) is 68.3 Å². The Kier molecular flexibility index (Phi) is 8.80. The number of rotatable bonds is 8. The Balaban J connectivity index is 1.89. The second-order valence-corrected chi connectivity index (χ2v) is 13.8. The number of fused-ring (bicyclic) bond motifs is 3. The van der Waals surface area contributed by atoms with Crippen LogP contribution >= 0.6 is 0 Å². The number of benzene rings is 1. The van der Waals surface area contributed by atoms with Crippen LogP contribution in [0, 0.1) is 28.6 Å². The quantitative estimate of drug-likeness (QED) is 0.0969. The molecule has 8 atom stereocenters. The van der Waals surface area contributed by atoms with Gasteiger partial charge in [0.2, 0.25) is 5.91 Å². The van der Waals surface area contributed by atoms with Gasteiger partial charge in [-0.2, -0.15) is 0 Å². The highest BCUT2D eigenvalue weighted by Gasteiger charge is 2.75. The Morgan fingerprint density at radius 2 is 1.86 bits per heavy atom. The third kappa shape index (κ3) is 4.82. The van der Waals surface area contributed by atoms with Crippen molar-refractivity contribution in [2.45, 2.75) is 91.0 Å². The second kappa shape index (κ2) is 11.5. The maximum atomic E-state index is 14.4. The largest absolute Gasteiger partial charge is 0.507 e. The molecule has 0 saturated heterocycles. The number of aliphatic hydroxyl groups excluding tert-OH is 2. The number of aliphatic hydroxyl groups is 3. The van der Waals surface area contributed by atoms with Crippen molar-refractivity contribution >= 4 is 29.5 Å². The van der Waals surface area contributed by atoms with Gasteiger partial charge < -0.3 is 30.9 Å². The summed E-state index contributed by atoms with van der Waals surface area (Å²) in [7, 11) is 0. The Labute approximate surface area is 258 Å². The van der Waals surface area contributed by atoms with Gasteiger partial charge in [0.1, 0.15) is 17.8 Å². The van der Waals surface area contributed by atoms with Crippen molar-refractivity contribution in [1.82, 2.24) is 0 Å². The predicted molar refractivity (Wildman–Crippen MR) is 162 cm³/mol. The van der Waals surface area contributed by atoms with E-state index in [1.807, 2.05) is 20.8 Å². The molecule has 1 aromatic carbocycles. The van der Waals surface area contributed by atoms with E-state index in [4.69, 9.17) is 10.5 Å². The summed E-state index contributed by atoms with van der Waals surface area (Å²) in [5, 5.41) is 46.8. The van der Waals surface area contributed by atoms with Gasteiger partial charge in [0.15, 0.2) is 17.2 Å². The third-order valence-corrected chi connectivity index (χ3v) is 10.3. The van der Waals surface area contributed by atoms with E-state index in [1.54, 1.807) is 26.8 Å².